The standard InChI is InChI=1S/C16H18FN5O/c1-9-4-5-13(22-21-9)15-14(23)6-11(7-16(15,3)17)12(8-20-19)10(2)18/h4-6,8,18-19,23H,7H2,1-3H3/b12-8+,18-10?,20-19?. The van der Waals surface area contributed by atoms with E-state index in [0.29, 0.717) is 16.8 Å². The van der Waals surface area contributed by atoms with E-state index >= 15 is 4.39 Å². The first-order chi connectivity index (χ1) is 10.8. The van der Waals surface area contributed by atoms with Crippen LogP contribution in [0.15, 0.2) is 46.4 Å². The maximum absolute atomic E-state index is 15.2. The summed E-state index contributed by atoms with van der Waals surface area (Å²) in [5.41, 5.74) is 6.97. The van der Waals surface area contributed by atoms with Gasteiger partial charge in [-0.3, -0.25) is 0 Å². The minimum atomic E-state index is -1.88. The number of hydrogen-bond donors (Lipinski definition) is 3. The van der Waals surface area contributed by atoms with Gasteiger partial charge in [-0.2, -0.15) is 15.3 Å². The number of aliphatic hydroxyl groups excluding tert-OH is 1. The van der Waals surface area contributed by atoms with E-state index in [9.17, 15) is 5.11 Å². The smallest absolute Gasteiger partial charge is 0.143 e. The molecule has 3 N–H and O–H groups in total. The number of nitrogens with zero attached hydrogens (tertiary/aromatic N) is 3. The second kappa shape index (κ2) is 6.20. The summed E-state index contributed by atoms with van der Waals surface area (Å²) in [6, 6.07) is 3.31. The summed E-state index contributed by atoms with van der Waals surface area (Å²) in [4.78, 5) is 0. The Kier molecular flexibility index (Phi) is 4.49. The average molecular weight is 315 g/mol. The van der Waals surface area contributed by atoms with E-state index in [0.717, 1.165) is 0 Å². The molecule has 2 rings (SSSR count). The molecule has 7 heteroatoms. The summed E-state index contributed by atoms with van der Waals surface area (Å²) < 4.78 is 15.2. The maximum Gasteiger partial charge on any atom is 0.143 e. The Labute approximate surface area is 133 Å². The van der Waals surface area contributed by atoms with E-state index in [1.165, 1.54) is 26.1 Å². The third kappa shape index (κ3) is 3.39. The molecule has 0 spiro atoms. The topological polar surface area (TPSA) is 106 Å². The van der Waals surface area contributed by atoms with Crippen LogP contribution in [0, 0.1) is 17.9 Å². The molecule has 0 saturated carbocycles. The minimum Gasteiger partial charge on any atom is -0.507 e. The van der Waals surface area contributed by atoms with Crippen LogP contribution in [0.25, 0.3) is 5.57 Å². The molecule has 23 heavy (non-hydrogen) atoms. The second-order valence-corrected chi connectivity index (χ2v) is 5.66. The van der Waals surface area contributed by atoms with Crippen LogP contribution < -0.4 is 0 Å². The van der Waals surface area contributed by atoms with E-state index in [1.807, 2.05) is 0 Å². The molecule has 1 aromatic heterocycles. The van der Waals surface area contributed by atoms with Crippen molar-refractivity contribution in [2.75, 3.05) is 0 Å². The van der Waals surface area contributed by atoms with Crippen LogP contribution in [0.4, 0.5) is 4.39 Å². The van der Waals surface area contributed by atoms with Crippen molar-refractivity contribution in [2.24, 2.45) is 5.11 Å². The Hall–Kier alpha value is -2.70. The average Bonchev–Trinajstić information content (AvgIpc) is 2.44. The zero-order valence-corrected chi connectivity index (χ0v) is 13.2. The van der Waals surface area contributed by atoms with E-state index in [2.05, 4.69) is 15.3 Å². The maximum atomic E-state index is 15.2. The SMILES string of the molecule is CC(=N)/C(=C\N=N)C1=CC(O)=C(c2ccc(C)nn2)C(C)(F)C1. The quantitative estimate of drug-likeness (QED) is 0.576. The molecule has 1 atom stereocenters. The summed E-state index contributed by atoms with van der Waals surface area (Å²) in [6.07, 6.45) is 2.51. The lowest BCUT2D eigenvalue weighted by Crippen LogP contribution is -2.27. The number of hydrogen-bond acceptors (Lipinski definition) is 6. The van der Waals surface area contributed by atoms with Gasteiger partial charge in [0.15, 0.2) is 0 Å². The van der Waals surface area contributed by atoms with E-state index < -0.39 is 5.67 Å². The van der Waals surface area contributed by atoms with Gasteiger partial charge in [0.25, 0.3) is 0 Å². The lowest BCUT2D eigenvalue weighted by molar-refractivity contribution is 0.257. The molecule has 0 bridgehead atoms. The van der Waals surface area contributed by atoms with Crippen molar-refractivity contribution < 1.29 is 9.50 Å². The van der Waals surface area contributed by atoms with Crippen molar-refractivity contribution in [2.45, 2.75) is 32.9 Å². The number of halogens is 1. The van der Waals surface area contributed by atoms with Crippen LogP contribution in [0.3, 0.4) is 0 Å². The zero-order chi connectivity index (χ0) is 17.2. The molecule has 0 amide bonds. The number of aromatic nitrogens is 2. The highest BCUT2D eigenvalue weighted by molar-refractivity contribution is 6.00. The first-order valence-corrected chi connectivity index (χ1v) is 7.03. The number of aliphatic hydroxyl groups is 1. The van der Waals surface area contributed by atoms with Crippen molar-refractivity contribution in [1.29, 1.82) is 10.9 Å². The van der Waals surface area contributed by atoms with Crippen LogP contribution in [-0.4, -0.2) is 26.7 Å². The lowest BCUT2D eigenvalue weighted by Gasteiger charge is -2.29. The monoisotopic (exact) mass is 315 g/mol. The number of aryl methyl sites for hydroxylation is 1. The van der Waals surface area contributed by atoms with Gasteiger partial charge in [-0.05, 0) is 44.6 Å². The van der Waals surface area contributed by atoms with Gasteiger partial charge >= 0.3 is 0 Å². The Morgan fingerprint density at radius 2 is 2.13 bits per heavy atom. The predicted molar refractivity (Wildman–Crippen MR) is 85.2 cm³/mol. The molecular weight excluding hydrogens is 297 g/mol. The normalized spacial score (nSPS) is 21.9. The van der Waals surface area contributed by atoms with Crippen molar-refractivity contribution in [3.63, 3.8) is 0 Å². The molecule has 1 unspecified atom stereocenters. The molecule has 1 aromatic rings. The molecule has 0 aromatic carbocycles. The number of nitrogens with one attached hydrogen (secondary N) is 2. The van der Waals surface area contributed by atoms with Crippen LogP contribution in [0.1, 0.15) is 31.7 Å². The van der Waals surface area contributed by atoms with Crippen molar-refractivity contribution in [3.8, 4) is 0 Å². The third-order valence-corrected chi connectivity index (χ3v) is 3.61. The highest BCUT2D eigenvalue weighted by Crippen LogP contribution is 2.42. The van der Waals surface area contributed by atoms with Crippen molar-refractivity contribution in [1.82, 2.24) is 10.2 Å². The predicted octanol–water partition coefficient (Wildman–Crippen LogP) is 4.07. The van der Waals surface area contributed by atoms with E-state index in [4.69, 9.17) is 10.9 Å². The van der Waals surface area contributed by atoms with E-state index in [1.54, 1.807) is 19.1 Å². The summed E-state index contributed by atoms with van der Waals surface area (Å²) >= 11 is 0. The molecule has 1 heterocycles. The number of alkyl halides is 1. The largest absolute Gasteiger partial charge is 0.507 e. The van der Waals surface area contributed by atoms with Gasteiger partial charge in [0.2, 0.25) is 0 Å². The minimum absolute atomic E-state index is 0.0560. The van der Waals surface area contributed by atoms with Gasteiger partial charge in [-0.1, -0.05) is 0 Å². The molecule has 0 radical (unpaired) electrons. The molecule has 0 saturated heterocycles. The first-order valence-electron chi connectivity index (χ1n) is 7.03. The van der Waals surface area contributed by atoms with Gasteiger partial charge in [-0.15, -0.1) is 0 Å². The summed E-state index contributed by atoms with van der Waals surface area (Å²) in [7, 11) is 0. The Morgan fingerprint density at radius 1 is 1.43 bits per heavy atom. The molecule has 0 aliphatic heterocycles. The number of allylic oxidation sites excluding steroid dienone is 4. The Bertz CT molecular complexity index is 744. The summed E-state index contributed by atoms with van der Waals surface area (Å²) in [5.74, 6) is -0.258. The fourth-order valence-electron chi connectivity index (χ4n) is 2.59. The molecule has 1 aliphatic carbocycles. The highest BCUT2D eigenvalue weighted by Gasteiger charge is 2.38. The summed E-state index contributed by atoms with van der Waals surface area (Å²) in [5, 5.41) is 29.0. The lowest BCUT2D eigenvalue weighted by atomic mass is 9.80. The highest BCUT2D eigenvalue weighted by atomic mass is 19.1. The summed E-state index contributed by atoms with van der Waals surface area (Å²) in [6.45, 7) is 4.64. The zero-order valence-electron chi connectivity index (χ0n) is 13.2. The van der Waals surface area contributed by atoms with Crippen molar-refractivity contribution in [3.05, 3.63) is 52.7 Å². The molecule has 6 nitrogen and oxygen atoms in total. The fraction of sp³-hybridized carbons (Fsp3) is 0.312. The van der Waals surface area contributed by atoms with E-state index in [-0.39, 0.29) is 29.2 Å². The van der Waals surface area contributed by atoms with Gasteiger partial charge in [0, 0.05) is 17.7 Å². The molecule has 1 aliphatic rings. The van der Waals surface area contributed by atoms with Gasteiger partial charge in [0.1, 0.15) is 11.4 Å². The van der Waals surface area contributed by atoms with Crippen LogP contribution in [0.2, 0.25) is 0 Å². The third-order valence-electron chi connectivity index (χ3n) is 3.61. The van der Waals surface area contributed by atoms with Crippen LogP contribution in [-0.2, 0) is 0 Å². The second-order valence-electron chi connectivity index (χ2n) is 5.66. The molecule has 0 fully saturated rings. The number of rotatable bonds is 4. The molecular formula is C16H18FN5O. The van der Waals surface area contributed by atoms with Gasteiger partial charge in [0.05, 0.1) is 23.2 Å². The molecule has 120 valence electrons. The Balaban J connectivity index is 2.57. The fourth-order valence-corrected chi connectivity index (χ4v) is 2.59. The van der Waals surface area contributed by atoms with Crippen molar-refractivity contribution >= 4 is 11.3 Å². The Morgan fingerprint density at radius 3 is 2.61 bits per heavy atom. The van der Waals surface area contributed by atoms with Gasteiger partial charge in [-0.25, -0.2) is 9.92 Å². The first kappa shape index (κ1) is 16.7. The van der Waals surface area contributed by atoms with Crippen LogP contribution >= 0.6 is 0 Å². The van der Waals surface area contributed by atoms with Crippen LogP contribution in [0.5, 0.6) is 0 Å². The van der Waals surface area contributed by atoms with Gasteiger partial charge < -0.3 is 10.5 Å².